The van der Waals surface area contributed by atoms with Crippen LogP contribution < -0.4 is 5.32 Å². The third-order valence-corrected chi connectivity index (χ3v) is 4.84. The van der Waals surface area contributed by atoms with Crippen molar-refractivity contribution in [3.63, 3.8) is 0 Å². The molecule has 0 aliphatic heterocycles. The molecular formula is C14H19NO3S. The fraction of sp³-hybridized carbons (Fsp3) is 0.571. The lowest BCUT2D eigenvalue weighted by molar-refractivity contribution is -0.139. The number of nitrogens with one attached hydrogen (secondary N) is 1. The van der Waals surface area contributed by atoms with Gasteiger partial charge in [0.15, 0.2) is 0 Å². The Morgan fingerprint density at radius 3 is 3.00 bits per heavy atom. The maximum Gasteiger partial charge on any atom is 0.325 e. The molecule has 1 heterocycles. The third-order valence-electron chi connectivity index (χ3n) is 3.61. The molecule has 0 fully saturated rings. The second kappa shape index (κ2) is 6.19. The predicted molar refractivity (Wildman–Crippen MR) is 74.5 cm³/mol. The Kier molecular flexibility index (Phi) is 4.58. The summed E-state index contributed by atoms with van der Waals surface area (Å²) in [6.07, 6.45) is 4.56. The van der Waals surface area contributed by atoms with Crippen LogP contribution in [0.2, 0.25) is 0 Å². The van der Waals surface area contributed by atoms with Crippen LogP contribution in [0.3, 0.4) is 0 Å². The lowest BCUT2D eigenvalue weighted by Crippen LogP contribution is -2.29. The molecule has 0 radical (unpaired) electrons. The van der Waals surface area contributed by atoms with Crippen molar-refractivity contribution < 1.29 is 14.3 Å². The zero-order valence-corrected chi connectivity index (χ0v) is 12.1. The molecule has 0 saturated heterocycles. The molecule has 5 heteroatoms. The van der Waals surface area contributed by atoms with Crippen LogP contribution in [0, 0.1) is 5.92 Å². The third kappa shape index (κ3) is 3.35. The quantitative estimate of drug-likeness (QED) is 0.861. The van der Waals surface area contributed by atoms with E-state index in [2.05, 4.69) is 17.0 Å². The summed E-state index contributed by atoms with van der Waals surface area (Å²) in [5.74, 6) is 0.131. The van der Waals surface area contributed by atoms with Gasteiger partial charge < -0.3 is 10.1 Å². The van der Waals surface area contributed by atoms with Crippen LogP contribution >= 0.6 is 11.3 Å². The minimum atomic E-state index is -0.430. The van der Waals surface area contributed by atoms with Gasteiger partial charge in [-0.1, -0.05) is 13.3 Å². The molecule has 1 atom stereocenters. The van der Waals surface area contributed by atoms with E-state index in [0.29, 0.717) is 4.88 Å². The number of ether oxygens (including phenoxy) is 1. The number of methoxy groups -OCH3 is 1. The highest BCUT2D eigenvalue weighted by Crippen LogP contribution is 2.33. The summed E-state index contributed by atoms with van der Waals surface area (Å²) in [7, 11) is 1.31. The monoisotopic (exact) mass is 281 g/mol. The van der Waals surface area contributed by atoms with Crippen LogP contribution in [0.4, 0.5) is 0 Å². The summed E-state index contributed by atoms with van der Waals surface area (Å²) in [5, 5.41) is 2.58. The molecule has 1 amide bonds. The maximum atomic E-state index is 11.9. The van der Waals surface area contributed by atoms with Gasteiger partial charge in [-0.3, -0.25) is 9.59 Å². The highest BCUT2D eigenvalue weighted by molar-refractivity contribution is 7.14. The smallest absolute Gasteiger partial charge is 0.325 e. The Hall–Kier alpha value is -1.36. The van der Waals surface area contributed by atoms with E-state index < -0.39 is 5.97 Å². The van der Waals surface area contributed by atoms with Gasteiger partial charge in [0.25, 0.3) is 5.91 Å². The van der Waals surface area contributed by atoms with Crippen LogP contribution in [-0.4, -0.2) is 25.5 Å². The number of fused-ring (bicyclic) bond motifs is 1. The molecule has 1 aliphatic rings. The van der Waals surface area contributed by atoms with Crippen LogP contribution in [-0.2, 0) is 22.4 Å². The number of hydrogen-bond donors (Lipinski definition) is 1. The maximum absolute atomic E-state index is 11.9. The standard InChI is InChI=1S/C14H19NO3S/c1-3-9-4-5-11-10(6-9)7-12(19-11)14(17)15-8-13(16)18-2/h7,9H,3-6,8H2,1-2H3,(H,15,17). The average Bonchev–Trinajstić information content (AvgIpc) is 2.86. The van der Waals surface area contributed by atoms with Gasteiger partial charge in [0.1, 0.15) is 6.54 Å². The molecule has 2 rings (SSSR count). The summed E-state index contributed by atoms with van der Waals surface area (Å²) >= 11 is 1.55. The Labute approximate surface area is 117 Å². The summed E-state index contributed by atoms with van der Waals surface area (Å²) in [4.78, 5) is 24.9. The second-order valence-electron chi connectivity index (χ2n) is 4.83. The lowest BCUT2D eigenvalue weighted by Gasteiger charge is -2.19. The zero-order valence-electron chi connectivity index (χ0n) is 11.3. The first kappa shape index (κ1) is 14.1. The van der Waals surface area contributed by atoms with Crippen LogP contribution in [0.25, 0.3) is 0 Å². The van der Waals surface area contributed by atoms with Gasteiger partial charge in [0.05, 0.1) is 12.0 Å². The molecule has 19 heavy (non-hydrogen) atoms. The van der Waals surface area contributed by atoms with Gasteiger partial charge in [-0.2, -0.15) is 0 Å². The van der Waals surface area contributed by atoms with Crippen LogP contribution in [0.5, 0.6) is 0 Å². The Morgan fingerprint density at radius 1 is 1.53 bits per heavy atom. The highest BCUT2D eigenvalue weighted by Gasteiger charge is 2.22. The molecule has 0 spiro atoms. The summed E-state index contributed by atoms with van der Waals surface area (Å²) in [6, 6.07) is 1.98. The summed E-state index contributed by atoms with van der Waals surface area (Å²) in [6.45, 7) is 2.14. The number of thiophene rings is 1. The van der Waals surface area contributed by atoms with Crippen molar-refractivity contribution in [1.82, 2.24) is 5.32 Å². The fourth-order valence-corrected chi connectivity index (χ4v) is 3.50. The number of amides is 1. The minimum Gasteiger partial charge on any atom is -0.468 e. The molecular weight excluding hydrogens is 262 g/mol. The molecule has 0 aromatic carbocycles. The van der Waals surface area contributed by atoms with E-state index in [4.69, 9.17) is 0 Å². The van der Waals surface area contributed by atoms with Crippen LogP contribution in [0.1, 0.15) is 39.9 Å². The minimum absolute atomic E-state index is 0.0739. The van der Waals surface area contributed by atoms with Gasteiger partial charge in [-0.25, -0.2) is 0 Å². The lowest BCUT2D eigenvalue weighted by atomic mass is 9.87. The number of aryl methyl sites for hydroxylation is 1. The number of hydrogen-bond acceptors (Lipinski definition) is 4. The molecule has 1 aromatic rings. The van der Waals surface area contributed by atoms with Gasteiger partial charge in [0, 0.05) is 4.88 Å². The van der Waals surface area contributed by atoms with Crippen molar-refractivity contribution in [2.45, 2.75) is 32.6 Å². The second-order valence-corrected chi connectivity index (χ2v) is 5.97. The van der Waals surface area contributed by atoms with Crippen molar-refractivity contribution in [1.29, 1.82) is 0 Å². The zero-order chi connectivity index (χ0) is 13.8. The first-order valence-electron chi connectivity index (χ1n) is 6.60. The van der Waals surface area contributed by atoms with Crippen LogP contribution in [0.15, 0.2) is 6.07 Å². The number of carbonyl (C=O) groups is 2. The molecule has 1 N–H and O–H groups in total. The normalized spacial score (nSPS) is 17.7. The van der Waals surface area contributed by atoms with E-state index in [1.807, 2.05) is 6.07 Å². The largest absolute Gasteiger partial charge is 0.468 e. The molecule has 0 saturated carbocycles. The van der Waals surface area contributed by atoms with Crippen molar-refractivity contribution in [3.8, 4) is 0 Å². The molecule has 4 nitrogen and oxygen atoms in total. The Morgan fingerprint density at radius 2 is 2.32 bits per heavy atom. The van der Waals surface area contributed by atoms with E-state index in [-0.39, 0.29) is 12.5 Å². The Bertz CT molecular complexity index is 481. The number of esters is 1. The Balaban J connectivity index is 2.00. The van der Waals surface area contributed by atoms with Gasteiger partial charge in [-0.15, -0.1) is 11.3 Å². The van der Waals surface area contributed by atoms with Crippen molar-refractivity contribution in [2.75, 3.05) is 13.7 Å². The van der Waals surface area contributed by atoms with Gasteiger partial charge >= 0.3 is 5.97 Å². The fourth-order valence-electron chi connectivity index (χ4n) is 2.37. The van der Waals surface area contributed by atoms with E-state index in [9.17, 15) is 9.59 Å². The SMILES string of the molecule is CCC1CCc2sc(C(=O)NCC(=O)OC)cc2C1. The summed E-state index contributed by atoms with van der Waals surface area (Å²) < 4.78 is 4.50. The van der Waals surface area contributed by atoms with Gasteiger partial charge in [0.2, 0.25) is 0 Å². The topological polar surface area (TPSA) is 55.4 Å². The molecule has 0 bridgehead atoms. The van der Waals surface area contributed by atoms with E-state index in [1.165, 1.54) is 30.4 Å². The predicted octanol–water partition coefficient (Wildman–Crippen LogP) is 2.17. The van der Waals surface area contributed by atoms with Crippen molar-refractivity contribution in [2.24, 2.45) is 5.92 Å². The first-order chi connectivity index (χ1) is 9.13. The molecule has 104 valence electrons. The first-order valence-corrected chi connectivity index (χ1v) is 7.42. The van der Waals surface area contributed by atoms with E-state index in [1.54, 1.807) is 11.3 Å². The van der Waals surface area contributed by atoms with E-state index in [0.717, 1.165) is 18.8 Å². The average molecular weight is 281 g/mol. The number of rotatable bonds is 4. The summed E-state index contributed by atoms with van der Waals surface area (Å²) in [5.41, 5.74) is 1.31. The number of carbonyl (C=O) groups excluding carboxylic acids is 2. The van der Waals surface area contributed by atoms with E-state index >= 15 is 0 Å². The molecule has 1 aliphatic carbocycles. The van der Waals surface area contributed by atoms with Crippen molar-refractivity contribution >= 4 is 23.2 Å². The molecule has 1 unspecified atom stereocenters. The highest BCUT2D eigenvalue weighted by atomic mass is 32.1. The molecule has 1 aromatic heterocycles. The van der Waals surface area contributed by atoms with Gasteiger partial charge in [-0.05, 0) is 36.8 Å². The van der Waals surface area contributed by atoms with Crippen molar-refractivity contribution in [3.05, 3.63) is 21.4 Å².